The first kappa shape index (κ1) is 12.0. The van der Waals surface area contributed by atoms with Gasteiger partial charge in [0, 0.05) is 20.0 Å². The third-order valence-electron chi connectivity index (χ3n) is 6.75. The second-order valence-electron chi connectivity index (χ2n) is 7.36. The number of nitrogens with zero attached hydrogens (tertiary/aromatic N) is 5. The molecule has 0 amide bonds. The van der Waals surface area contributed by atoms with Crippen molar-refractivity contribution in [3.63, 3.8) is 0 Å². The second kappa shape index (κ2) is 3.54. The van der Waals surface area contributed by atoms with E-state index in [2.05, 4.69) is 23.8 Å². The highest BCUT2D eigenvalue weighted by Crippen LogP contribution is 2.60. The van der Waals surface area contributed by atoms with Crippen molar-refractivity contribution in [2.24, 2.45) is 0 Å². The van der Waals surface area contributed by atoms with E-state index in [1.807, 2.05) is 0 Å². The Labute approximate surface area is 130 Å². The molecule has 0 aromatic carbocycles. The first-order valence-electron chi connectivity index (χ1n) is 8.83. The third-order valence-corrected chi connectivity index (χ3v) is 6.75. The molecule has 2 fully saturated rings. The quantitative estimate of drug-likeness (QED) is 0.746. The van der Waals surface area contributed by atoms with Crippen molar-refractivity contribution in [1.82, 2.24) is 19.6 Å². The standard InChI is InChI=1S/C17H22N5/c1-3-22-10(2)13(11-6-5-9-21(11)22)14-15-12-7-4-8-20(12)17(18-15)19-16(14)22/h11-12H,3-9H2,1-2H3/q+1. The van der Waals surface area contributed by atoms with E-state index in [9.17, 15) is 0 Å². The van der Waals surface area contributed by atoms with Crippen LogP contribution in [0, 0.1) is 0 Å². The molecule has 3 unspecified atom stereocenters. The Morgan fingerprint density at radius 3 is 2.82 bits per heavy atom. The van der Waals surface area contributed by atoms with Gasteiger partial charge in [-0.05, 0) is 32.6 Å². The SMILES string of the molecule is CC[N+]12C(C)=C(c3c4nc(nc31)N1CCCC41)C1CCCN12. The van der Waals surface area contributed by atoms with E-state index in [1.54, 1.807) is 5.57 Å². The summed E-state index contributed by atoms with van der Waals surface area (Å²) in [7, 11) is 0. The van der Waals surface area contributed by atoms with E-state index in [0.29, 0.717) is 12.1 Å². The van der Waals surface area contributed by atoms with Crippen LogP contribution in [-0.4, -0.2) is 40.7 Å². The van der Waals surface area contributed by atoms with Crippen molar-refractivity contribution < 1.29 is 0 Å². The Morgan fingerprint density at radius 2 is 1.95 bits per heavy atom. The van der Waals surface area contributed by atoms with Crippen LogP contribution in [0.4, 0.5) is 11.8 Å². The summed E-state index contributed by atoms with van der Waals surface area (Å²) < 4.78 is 0.901. The zero-order valence-electron chi connectivity index (χ0n) is 13.3. The molecule has 5 aliphatic heterocycles. The summed E-state index contributed by atoms with van der Waals surface area (Å²) in [6.45, 7) is 8.09. The van der Waals surface area contributed by atoms with Crippen LogP contribution in [-0.2, 0) is 0 Å². The molecule has 114 valence electrons. The lowest BCUT2D eigenvalue weighted by molar-refractivity contribution is 0.0388. The van der Waals surface area contributed by atoms with Crippen LogP contribution in [0.1, 0.15) is 56.8 Å². The summed E-state index contributed by atoms with van der Waals surface area (Å²) in [5.74, 6) is 2.29. The van der Waals surface area contributed by atoms with E-state index in [4.69, 9.17) is 9.97 Å². The third kappa shape index (κ3) is 1.000. The first-order chi connectivity index (χ1) is 10.8. The van der Waals surface area contributed by atoms with Gasteiger partial charge in [-0.3, -0.25) is 0 Å². The van der Waals surface area contributed by atoms with Crippen molar-refractivity contribution >= 4 is 17.3 Å². The number of hydrogen-bond acceptors (Lipinski definition) is 4. The number of hydrogen-bond donors (Lipinski definition) is 0. The van der Waals surface area contributed by atoms with Crippen molar-refractivity contribution in [3.8, 4) is 0 Å². The molecule has 5 aliphatic rings. The molecular weight excluding hydrogens is 274 g/mol. The number of fused-ring (bicyclic) bond motifs is 13. The summed E-state index contributed by atoms with van der Waals surface area (Å²) in [5, 5.41) is 2.70. The average Bonchev–Trinajstić information content (AvgIpc) is 3.28. The van der Waals surface area contributed by atoms with Crippen LogP contribution in [0.15, 0.2) is 5.70 Å². The summed E-state index contributed by atoms with van der Waals surface area (Å²) in [5.41, 5.74) is 5.92. The van der Waals surface area contributed by atoms with Crippen molar-refractivity contribution in [1.29, 1.82) is 0 Å². The first-order valence-corrected chi connectivity index (χ1v) is 8.83. The maximum atomic E-state index is 5.11. The lowest BCUT2D eigenvalue weighted by atomic mass is 9.94. The van der Waals surface area contributed by atoms with Gasteiger partial charge in [-0.2, -0.15) is 9.58 Å². The smallest absolute Gasteiger partial charge is 0.265 e. The molecule has 0 saturated carbocycles. The molecule has 0 radical (unpaired) electrons. The van der Waals surface area contributed by atoms with Gasteiger partial charge in [-0.1, -0.05) is 0 Å². The maximum absolute atomic E-state index is 5.11. The van der Waals surface area contributed by atoms with Crippen LogP contribution >= 0.6 is 0 Å². The minimum atomic E-state index is 0.513. The molecule has 3 atom stereocenters. The van der Waals surface area contributed by atoms with E-state index in [1.165, 1.54) is 55.0 Å². The molecule has 22 heavy (non-hydrogen) atoms. The molecule has 1 aromatic heterocycles. The molecular formula is C17H22N5+. The van der Waals surface area contributed by atoms with Gasteiger partial charge in [0.2, 0.25) is 5.95 Å². The van der Waals surface area contributed by atoms with Crippen LogP contribution < -0.4 is 9.49 Å². The number of aromatic nitrogens is 2. The van der Waals surface area contributed by atoms with Gasteiger partial charge < -0.3 is 4.90 Å². The molecule has 0 spiro atoms. The van der Waals surface area contributed by atoms with Gasteiger partial charge in [0.05, 0.1) is 28.9 Å². The number of quaternary nitrogens is 1. The Morgan fingerprint density at radius 1 is 1.14 bits per heavy atom. The second-order valence-corrected chi connectivity index (χ2v) is 7.36. The van der Waals surface area contributed by atoms with E-state index < -0.39 is 0 Å². The average molecular weight is 296 g/mol. The van der Waals surface area contributed by atoms with Crippen LogP contribution in [0.2, 0.25) is 0 Å². The number of allylic oxidation sites excluding steroid dienone is 1. The minimum Gasteiger partial charge on any atom is -0.332 e. The van der Waals surface area contributed by atoms with Gasteiger partial charge >= 0.3 is 0 Å². The fourth-order valence-electron chi connectivity index (χ4n) is 5.92. The molecule has 2 saturated heterocycles. The molecule has 5 heteroatoms. The van der Waals surface area contributed by atoms with Gasteiger partial charge in [-0.25, -0.2) is 4.98 Å². The van der Waals surface area contributed by atoms with E-state index in [0.717, 1.165) is 23.6 Å². The molecule has 6 heterocycles. The lowest BCUT2D eigenvalue weighted by Crippen LogP contribution is -2.59. The normalized spacial score (nSPS) is 37.3. The summed E-state index contributed by atoms with van der Waals surface area (Å²) >= 11 is 0. The Balaban J connectivity index is 1.67. The fraction of sp³-hybridized carbons (Fsp3) is 0.647. The lowest BCUT2D eigenvalue weighted by Gasteiger charge is -2.40. The highest BCUT2D eigenvalue weighted by molar-refractivity contribution is 5.91. The molecule has 0 N–H and O–H groups in total. The number of rotatable bonds is 1. The summed E-state index contributed by atoms with van der Waals surface area (Å²) in [6, 6.07) is 1.13. The maximum Gasteiger partial charge on any atom is 0.265 e. The van der Waals surface area contributed by atoms with Crippen molar-refractivity contribution in [2.75, 3.05) is 24.5 Å². The zero-order chi connectivity index (χ0) is 14.6. The van der Waals surface area contributed by atoms with Gasteiger partial charge in [0.15, 0.2) is 0 Å². The fourth-order valence-corrected chi connectivity index (χ4v) is 5.92. The van der Waals surface area contributed by atoms with Crippen LogP contribution in [0.5, 0.6) is 0 Å². The highest BCUT2D eigenvalue weighted by Gasteiger charge is 2.64. The van der Waals surface area contributed by atoms with Gasteiger partial charge in [0.25, 0.3) is 5.82 Å². The molecule has 4 bridgehead atoms. The van der Waals surface area contributed by atoms with Crippen LogP contribution in [0.3, 0.4) is 0 Å². The summed E-state index contributed by atoms with van der Waals surface area (Å²) in [6.07, 6.45) is 5.16. The monoisotopic (exact) mass is 296 g/mol. The Bertz CT molecular complexity index is 754. The van der Waals surface area contributed by atoms with Gasteiger partial charge in [-0.15, -0.1) is 5.01 Å². The van der Waals surface area contributed by atoms with E-state index >= 15 is 0 Å². The topological polar surface area (TPSA) is 32.3 Å². The molecule has 6 rings (SSSR count). The predicted octanol–water partition coefficient (Wildman–Crippen LogP) is 2.60. The Kier molecular flexibility index (Phi) is 1.94. The number of anilines is 1. The van der Waals surface area contributed by atoms with Gasteiger partial charge in [0.1, 0.15) is 12.2 Å². The minimum absolute atomic E-state index is 0.513. The molecule has 5 nitrogen and oxygen atoms in total. The molecule has 0 aliphatic carbocycles. The predicted molar refractivity (Wildman–Crippen MR) is 86.0 cm³/mol. The summed E-state index contributed by atoms with van der Waals surface area (Å²) in [4.78, 5) is 12.5. The zero-order valence-corrected chi connectivity index (χ0v) is 13.3. The van der Waals surface area contributed by atoms with Crippen LogP contribution in [0.25, 0.3) is 5.57 Å². The van der Waals surface area contributed by atoms with E-state index in [-0.39, 0.29) is 0 Å². The highest BCUT2D eigenvalue weighted by atomic mass is 15.8. The van der Waals surface area contributed by atoms with Crippen molar-refractivity contribution in [3.05, 3.63) is 17.0 Å². The molecule has 1 aromatic rings. The van der Waals surface area contributed by atoms with Crippen molar-refractivity contribution in [2.45, 2.75) is 51.6 Å². The Hall–Kier alpha value is -1.46. The largest absolute Gasteiger partial charge is 0.332 e.